The van der Waals surface area contributed by atoms with Crippen LogP contribution in [0.4, 0.5) is 4.79 Å². The molecule has 150 valence electrons. The van der Waals surface area contributed by atoms with E-state index in [0.29, 0.717) is 44.6 Å². The number of benzene rings is 1. The van der Waals surface area contributed by atoms with Gasteiger partial charge in [0, 0.05) is 50.4 Å². The minimum absolute atomic E-state index is 0.0425. The highest BCUT2D eigenvalue weighted by atomic mass is 16.5. The molecule has 0 unspecified atom stereocenters. The number of likely N-dealkylation sites (tertiary alicyclic amines) is 1. The lowest BCUT2D eigenvalue weighted by Crippen LogP contribution is -2.43. The Morgan fingerprint density at radius 3 is 2.61 bits per heavy atom. The van der Waals surface area contributed by atoms with Crippen molar-refractivity contribution in [2.24, 2.45) is 5.41 Å². The van der Waals surface area contributed by atoms with Crippen LogP contribution in [-0.4, -0.2) is 65.4 Å². The summed E-state index contributed by atoms with van der Waals surface area (Å²) in [6.45, 7) is 8.22. The summed E-state index contributed by atoms with van der Waals surface area (Å²) in [4.78, 5) is 21.6. The fourth-order valence-corrected chi connectivity index (χ4v) is 4.51. The quantitative estimate of drug-likeness (QED) is 0.808. The van der Waals surface area contributed by atoms with Crippen molar-refractivity contribution in [2.45, 2.75) is 32.6 Å². The average Bonchev–Trinajstić information content (AvgIpc) is 3.35. The largest absolute Gasteiger partial charge is 0.381 e. The SMILES string of the molecule is CCN(CC)C(=O)N1C[C@H](c2nc(-c3ccccc3)no2)C2(CCOCC2)C1. The summed E-state index contributed by atoms with van der Waals surface area (Å²) in [6.07, 6.45) is 1.81. The van der Waals surface area contributed by atoms with Crippen LogP contribution >= 0.6 is 0 Å². The van der Waals surface area contributed by atoms with Gasteiger partial charge < -0.3 is 19.1 Å². The van der Waals surface area contributed by atoms with Crippen LogP contribution in [0.15, 0.2) is 34.9 Å². The minimum atomic E-state index is -0.0540. The van der Waals surface area contributed by atoms with Gasteiger partial charge in [-0.3, -0.25) is 0 Å². The van der Waals surface area contributed by atoms with Crippen LogP contribution in [0.1, 0.15) is 38.5 Å². The number of hydrogen-bond acceptors (Lipinski definition) is 5. The smallest absolute Gasteiger partial charge is 0.320 e. The number of carbonyl (C=O) groups excluding carboxylic acids is 1. The predicted molar refractivity (Wildman–Crippen MR) is 105 cm³/mol. The van der Waals surface area contributed by atoms with Gasteiger partial charge in [0.05, 0.1) is 5.92 Å². The maximum Gasteiger partial charge on any atom is 0.320 e. The molecule has 1 aromatic heterocycles. The number of rotatable bonds is 4. The minimum Gasteiger partial charge on any atom is -0.381 e. The highest BCUT2D eigenvalue weighted by molar-refractivity contribution is 5.75. The topological polar surface area (TPSA) is 71.7 Å². The predicted octanol–water partition coefficient (Wildman–Crippen LogP) is 3.39. The van der Waals surface area contributed by atoms with Gasteiger partial charge in [0.1, 0.15) is 0 Å². The first-order valence-electron chi connectivity index (χ1n) is 10.2. The normalized spacial score (nSPS) is 21.2. The molecule has 3 heterocycles. The Morgan fingerprint density at radius 2 is 1.93 bits per heavy atom. The lowest BCUT2D eigenvalue weighted by atomic mass is 9.72. The molecule has 0 saturated carbocycles. The van der Waals surface area contributed by atoms with Crippen LogP contribution in [0.3, 0.4) is 0 Å². The van der Waals surface area contributed by atoms with E-state index in [4.69, 9.17) is 14.2 Å². The van der Waals surface area contributed by atoms with Crippen molar-refractivity contribution in [3.8, 4) is 11.4 Å². The van der Waals surface area contributed by atoms with E-state index in [1.165, 1.54) is 0 Å². The standard InChI is InChI=1S/C21H28N4O3/c1-3-24(4-2)20(26)25-14-17(21(15-25)10-12-27-13-11-21)19-22-18(23-28-19)16-8-6-5-7-9-16/h5-9,17H,3-4,10-15H2,1-2H3/t17-/m1/s1. The van der Waals surface area contributed by atoms with Gasteiger partial charge in [0.25, 0.3) is 0 Å². The summed E-state index contributed by atoms with van der Waals surface area (Å²) in [7, 11) is 0. The number of amides is 2. The van der Waals surface area contributed by atoms with Crippen LogP contribution < -0.4 is 0 Å². The Morgan fingerprint density at radius 1 is 1.21 bits per heavy atom. The molecule has 2 aliphatic heterocycles. The third kappa shape index (κ3) is 3.39. The number of carbonyl (C=O) groups is 1. The van der Waals surface area contributed by atoms with E-state index in [9.17, 15) is 4.79 Å². The molecule has 2 saturated heterocycles. The molecule has 1 spiro atoms. The van der Waals surface area contributed by atoms with E-state index >= 15 is 0 Å². The lowest BCUT2D eigenvalue weighted by molar-refractivity contribution is 0.00896. The fraction of sp³-hybridized carbons (Fsp3) is 0.571. The maximum absolute atomic E-state index is 13.0. The number of nitrogens with zero attached hydrogens (tertiary/aromatic N) is 4. The fourth-order valence-electron chi connectivity index (χ4n) is 4.51. The molecule has 2 fully saturated rings. The van der Waals surface area contributed by atoms with E-state index < -0.39 is 0 Å². The van der Waals surface area contributed by atoms with Gasteiger partial charge in [-0.2, -0.15) is 4.98 Å². The molecule has 0 bridgehead atoms. The molecule has 7 heteroatoms. The second kappa shape index (κ2) is 7.91. The maximum atomic E-state index is 13.0. The summed E-state index contributed by atoms with van der Waals surface area (Å²) >= 11 is 0. The molecular formula is C21H28N4O3. The molecular weight excluding hydrogens is 356 g/mol. The number of urea groups is 1. The average molecular weight is 384 g/mol. The molecule has 0 N–H and O–H groups in total. The Balaban J connectivity index is 1.62. The zero-order valence-electron chi connectivity index (χ0n) is 16.6. The molecule has 2 aliphatic rings. The van der Waals surface area contributed by atoms with Gasteiger partial charge in [-0.15, -0.1) is 0 Å². The monoisotopic (exact) mass is 384 g/mol. The van der Waals surface area contributed by atoms with E-state index in [1.807, 2.05) is 54.0 Å². The number of ether oxygens (including phenoxy) is 1. The van der Waals surface area contributed by atoms with Crippen molar-refractivity contribution in [1.29, 1.82) is 0 Å². The van der Waals surface area contributed by atoms with Crippen LogP contribution in [0.2, 0.25) is 0 Å². The third-order valence-electron chi connectivity index (χ3n) is 6.21. The Kier molecular flexibility index (Phi) is 5.35. The summed E-state index contributed by atoms with van der Waals surface area (Å²) in [5.41, 5.74) is 0.884. The summed E-state index contributed by atoms with van der Waals surface area (Å²) in [5.74, 6) is 1.28. The van der Waals surface area contributed by atoms with Gasteiger partial charge in [-0.05, 0) is 26.7 Å². The van der Waals surface area contributed by atoms with Crippen molar-refractivity contribution in [1.82, 2.24) is 19.9 Å². The van der Waals surface area contributed by atoms with E-state index in [-0.39, 0.29) is 17.4 Å². The molecule has 1 aromatic carbocycles. The van der Waals surface area contributed by atoms with Gasteiger partial charge in [-0.1, -0.05) is 35.5 Å². The molecule has 1 atom stereocenters. The third-order valence-corrected chi connectivity index (χ3v) is 6.21. The van der Waals surface area contributed by atoms with Crippen molar-refractivity contribution in [2.75, 3.05) is 39.4 Å². The van der Waals surface area contributed by atoms with Gasteiger partial charge in [-0.25, -0.2) is 4.79 Å². The Hall–Kier alpha value is -2.41. The first-order chi connectivity index (χ1) is 13.7. The van der Waals surface area contributed by atoms with Crippen LogP contribution in [0.5, 0.6) is 0 Å². The second-order valence-electron chi connectivity index (χ2n) is 7.68. The highest BCUT2D eigenvalue weighted by Crippen LogP contribution is 2.49. The van der Waals surface area contributed by atoms with E-state index in [1.54, 1.807) is 0 Å². The van der Waals surface area contributed by atoms with Crippen LogP contribution in [0.25, 0.3) is 11.4 Å². The zero-order chi connectivity index (χ0) is 19.6. The van der Waals surface area contributed by atoms with Gasteiger partial charge >= 0.3 is 6.03 Å². The zero-order valence-corrected chi connectivity index (χ0v) is 16.6. The van der Waals surface area contributed by atoms with Crippen LogP contribution in [0, 0.1) is 5.41 Å². The lowest BCUT2D eigenvalue weighted by Gasteiger charge is -2.36. The molecule has 4 rings (SSSR count). The van der Waals surface area contributed by atoms with Gasteiger partial charge in [0.15, 0.2) is 0 Å². The summed E-state index contributed by atoms with van der Waals surface area (Å²) < 4.78 is 11.3. The molecule has 7 nitrogen and oxygen atoms in total. The Bertz CT molecular complexity index is 797. The van der Waals surface area contributed by atoms with Crippen molar-refractivity contribution in [3.63, 3.8) is 0 Å². The summed E-state index contributed by atoms with van der Waals surface area (Å²) in [5, 5.41) is 4.22. The first kappa shape index (κ1) is 18.9. The van der Waals surface area contributed by atoms with E-state index in [2.05, 4.69) is 5.16 Å². The second-order valence-corrected chi connectivity index (χ2v) is 7.68. The van der Waals surface area contributed by atoms with Crippen molar-refractivity contribution < 1.29 is 14.1 Å². The summed E-state index contributed by atoms with van der Waals surface area (Å²) in [6, 6.07) is 9.94. The first-order valence-corrected chi connectivity index (χ1v) is 10.2. The van der Waals surface area contributed by atoms with Crippen molar-refractivity contribution >= 4 is 6.03 Å². The number of aromatic nitrogens is 2. The highest BCUT2D eigenvalue weighted by Gasteiger charge is 2.52. The van der Waals surface area contributed by atoms with Crippen LogP contribution in [-0.2, 0) is 4.74 Å². The molecule has 2 amide bonds. The molecule has 2 aromatic rings. The Labute approximate surface area is 165 Å². The van der Waals surface area contributed by atoms with Gasteiger partial charge in [0.2, 0.25) is 11.7 Å². The molecule has 0 radical (unpaired) electrons. The molecule has 0 aliphatic carbocycles. The number of hydrogen-bond donors (Lipinski definition) is 0. The van der Waals surface area contributed by atoms with Crippen molar-refractivity contribution in [3.05, 3.63) is 36.2 Å². The molecule has 28 heavy (non-hydrogen) atoms. The van der Waals surface area contributed by atoms with E-state index in [0.717, 1.165) is 24.9 Å².